The van der Waals surface area contributed by atoms with Gasteiger partial charge in [0.25, 0.3) is 0 Å². The Morgan fingerprint density at radius 2 is 2.00 bits per heavy atom. The molecular formula is C12H19NO4S. The molecular weight excluding hydrogens is 254 g/mol. The number of hydrogen-bond donors (Lipinski definition) is 1. The minimum atomic E-state index is -3.37. The Bertz CT molecular complexity index is 555. The molecule has 0 amide bonds. The summed E-state index contributed by atoms with van der Waals surface area (Å²) in [6.45, 7) is 3.61. The zero-order chi connectivity index (χ0) is 13.9. The molecule has 0 saturated carbocycles. The number of carbonyl (C=O) groups excluding carboxylic acids is 1. The Balaban J connectivity index is 0.00000324. The molecule has 18 heavy (non-hydrogen) atoms. The molecule has 1 rings (SSSR count). The van der Waals surface area contributed by atoms with E-state index in [2.05, 4.69) is 4.72 Å². The Morgan fingerprint density at radius 3 is 2.44 bits per heavy atom. The van der Waals surface area contributed by atoms with E-state index in [1.165, 1.54) is 19.2 Å². The van der Waals surface area contributed by atoms with Crippen LogP contribution < -0.4 is 9.46 Å². The van der Waals surface area contributed by atoms with E-state index in [-0.39, 0.29) is 13.1 Å². The van der Waals surface area contributed by atoms with Gasteiger partial charge in [-0.1, -0.05) is 13.8 Å². The van der Waals surface area contributed by atoms with Crippen LogP contribution in [0.5, 0.6) is 5.75 Å². The highest BCUT2D eigenvalue weighted by Gasteiger charge is 2.14. The minimum Gasteiger partial charge on any atom is -0.495 e. The highest BCUT2D eigenvalue weighted by molar-refractivity contribution is 7.92. The third kappa shape index (κ3) is 3.73. The quantitative estimate of drug-likeness (QED) is 0.834. The van der Waals surface area contributed by atoms with Crippen LogP contribution in [0.2, 0.25) is 0 Å². The fourth-order valence-corrected chi connectivity index (χ4v) is 2.03. The molecule has 102 valence electrons. The fraction of sp³-hybridized carbons (Fsp3) is 0.417. The number of benzene rings is 1. The Labute approximate surface area is 109 Å². The Kier molecular flexibility index (Phi) is 4.34. The lowest BCUT2D eigenvalue weighted by molar-refractivity contribution is 0.0939. The number of sulfonamides is 1. The fourth-order valence-electron chi connectivity index (χ4n) is 1.46. The topological polar surface area (TPSA) is 72.5 Å². The van der Waals surface area contributed by atoms with Gasteiger partial charge in [-0.25, -0.2) is 8.42 Å². The van der Waals surface area contributed by atoms with Crippen molar-refractivity contribution >= 4 is 21.5 Å². The second kappa shape index (κ2) is 5.39. The van der Waals surface area contributed by atoms with Crippen molar-refractivity contribution < 1.29 is 19.4 Å². The minimum absolute atomic E-state index is 0. The molecule has 1 N–H and O–H groups in total. The SMILES string of the molecule is COc1cc(C(=O)C(C)C)ccc1NS(C)(=O)=O.[HH]. The highest BCUT2D eigenvalue weighted by atomic mass is 32.2. The molecule has 0 saturated heterocycles. The number of carbonyl (C=O) groups is 1. The summed E-state index contributed by atoms with van der Waals surface area (Å²) in [6.07, 6.45) is 1.06. The monoisotopic (exact) mass is 273 g/mol. The maximum absolute atomic E-state index is 11.8. The van der Waals surface area contributed by atoms with Crippen LogP contribution in [0.3, 0.4) is 0 Å². The molecule has 0 atom stereocenters. The number of Topliss-reactive ketones (excluding diaryl/α,β-unsaturated/α-hetero) is 1. The number of ether oxygens (including phenoxy) is 1. The molecule has 5 nitrogen and oxygen atoms in total. The smallest absolute Gasteiger partial charge is 0.229 e. The van der Waals surface area contributed by atoms with E-state index in [4.69, 9.17) is 4.74 Å². The first-order valence-corrected chi connectivity index (χ1v) is 7.34. The van der Waals surface area contributed by atoms with Crippen molar-refractivity contribution in [3.63, 3.8) is 0 Å². The van der Waals surface area contributed by atoms with Crippen LogP contribution in [0.15, 0.2) is 18.2 Å². The largest absolute Gasteiger partial charge is 0.495 e. The van der Waals surface area contributed by atoms with Crippen molar-refractivity contribution in [3.05, 3.63) is 23.8 Å². The van der Waals surface area contributed by atoms with E-state index in [0.717, 1.165) is 6.26 Å². The second-order valence-electron chi connectivity index (χ2n) is 4.31. The number of methoxy groups -OCH3 is 1. The van der Waals surface area contributed by atoms with Gasteiger partial charge in [-0.15, -0.1) is 0 Å². The summed E-state index contributed by atoms with van der Waals surface area (Å²) < 4.78 is 29.7. The predicted molar refractivity (Wildman–Crippen MR) is 72.7 cm³/mol. The summed E-state index contributed by atoms with van der Waals surface area (Å²) in [6, 6.07) is 4.64. The van der Waals surface area contributed by atoms with E-state index in [1.54, 1.807) is 19.9 Å². The Morgan fingerprint density at radius 1 is 1.39 bits per heavy atom. The summed E-state index contributed by atoms with van der Waals surface area (Å²) in [5.41, 5.74) is 0.821. The zero-order valence-electron chi connectivity index (χ0n) is 10.9. The van der Waals surface area contributed by atoms with Gasteiger partial charge in [0.15, 0.2) is 5.78 Å². The van der Waals surface area contributed by atoms with Crippen molar-refractivity contribution in [1.82, 2.24) is 0 Å². The highest BCUT2D eigenvalue weighted by Crippen LogP contribution is 2.27. The number of nitrogens with one attached hydrogen (secondary N) is 1. The predicted octanol–water partition coefficient (Wildman–Crippen LogP) is 2.15. The number of hydrogen-bond acceptors (Lipinski definition) is 4. The molecule has 0 fully saturated rings. The second-order valence-corrected chi connectivity index (χ2v) is 6.06. The molecule has 1 aromatic rings. The molecule has 0 aliphatic heterocycles. The van der Waals surface area contributed by atoms with Crippen LogP contribution in [-0.2, 0) is 10.0 Å². The first kappa shape index (κ1) is 14.5. The zero-order valence-corrected chi connectivity index (χ0v) is 11.7. The van der Waals surface area contributed by atoms with Crippen LogP contribution in [-0.4, -0.2) is 27.6 Å². The molecule has 0 radical (unpaired) electrons. The number of ketones is 1. The molecule has 0 unspecified atom stereocenters. The standard InChI is InChI=1S/C12H17NO4S.H2/c1-8(2)12(14)9-5-6-10(11(7-9)17-3)13-18(4,15)16;/h5-8,13H,1-4H3;1H. The summed E-state index contributed by atoms with van der Waals surface area (Å²) in [4.78, 5) is 11.8. The average molecular weight is 273 g/mol. The molecule has 0 bridgehead atoms. The molecule has 0 aliphatic rings. The van der Waals surface area contributed by atoms with Crippen molar-refractivity contribution in [3.8, 4) is 5.75 Å². The lowest BCUT2D eigenvalue weighted by Gasteiger charge is -2.12. The molecule has 1 aromatic carbocycles. The summed E-state index contributed by atoms with van der Waals surface area (Å²) in [7, 11) is -1.95. The normalized spacial score (nSPS) is 11.4. The van der Waals surface area contributed by atoms with E-state index < -0.39 is 10.0 Å². The lowest BCUT2D eigenvalue weighted by atomic mass is 10.0. The molecule has 0 aromatic heterocycles. The maximum atomic E-state index is 11.8. The van der Waals surface area contributed by atoms with E-state index in [9.17, 15) is 13.2 Å². The van der Waals surface area contributed by atoms with Gasteiger partial charge in [0, 0.05) is 12.9 Å². The number of anilines is 1. The van der Waals surface area contributed by atoms with Gasteiger partial charge >= 0.3 is 0 Å². The molecule has 6 heteroatoms. The van der Waals surface area contributed by atoms with E-state index >= 15 is 0 Å². The Hall–Kier alpha value is -1.56. The van der Waals surface area contributed by atoms with E-state index in [1.807, 2.05) is 0 Å². The van der Waals surface area contributed by atoms with Crippen molar-refractivity contribution in [2.45, 2.75) is 13.8 Å². The van der Waals surface area contributed by atoms with Gasteiger partial charge in [0.1, 0.15) is 5.75 Å². The summed E-state index contributed by atoms with van der Waals surface area (Å²) >= 11 is 0. The third-order valence-electron chi connectivity index (χ3n) is 2.31. The van der Waals surface area contributed by atoms with Gasteiger partial charge in [0.05, 0.1) is 19.1 Å². The molecule has 0 aliphatic carbocycles. The maximum Gasteiger partial charge on any atom is 0.229 e. The lowest BCUT2D eigenvalue weighted by Crippen LogP contribution is -2.12. The van der Waals surface area contributed by atoms with Gasteiger partial charge in [-0.05, 0) is 18.2 Å². The van der Waals surface area contributed by atoms with Gasteiger partial charge in [0.2, 0.25) is 10.0 Å². The van der Waals surface area contributed by atoms with Gasteiger partial charge < -0.3 is 4.74 Å². The molecule has 0 spiro atoms. The average Bonchev–Trinajstić information content (AvgIpc) is 2.26. The van der Waals surface area contributed by atoms with Crippen molar-refractivity contribution in [2.24, 2.45) is 5.92 Å². The summed E-state index contributed by atoms with van der Waals surface area (Å²) in [5.74, 6) is 0.189. The third-order valence-corrected chi connectivity index (χ3v) is 2.90. The van der Waals surface area contributed by atoms with Crippen molar-refractivity contribution in [2.75, 3.05) is 18.1 Å². The van der Waals surface area contributed by atoms with Crippen LogP contribution >= 0.6 is 0 Å². The molecule has 0 heterocycles. The summed E-state index contributed by atoms with van der Waals surface area (Å²) in [5, 5.41) is 0. The van der Waals surface area contributed by atoms with Crippen LogP contribution in [0.25, 0.3) is 0 Å². The van der Waals surface area contributed by atoms with Gasteiger partial charge in [-0.3, -0.25) is 9.52 Å². The number of rotatable bonds is 5. The van der Waals surface area contributed by atoms with Crippen LogP contribution in [0.4, 0.5) is 5.69 Å². The van der Waals surface area contributed by atoms with Gasteiger partial charge in [-0.2, -0.15) is 0 Å². The van der Waals surface area contributed by atoms with Crippen LogP contribution in [0.1, 0.15) is 25.6 Å². The van der Waals surface area contributed by atoms with Crippen molar-refractivity contribution in [1.29, 1.82) is 0 Å². The van der Waals surface area contributed by atoms with Crippen LogP contribution in [0, 0.1) is 5.92 Å². The first-order valence-electron chi connectivity index (χ1n) is 5.44. The van der Waals surface area contributed by atoms with E-state index in [0.29, 0.717) is 17.0 Å². The first-order chi connectivity index (χ1) is 8.24.